The van der Waals surface area contributed by atoms with E-state index in [9.17, 15) is 9.59 Å². The molecular formula is C23H22ClN3O4. The highest BCUT2D eigenvalue weighted by Crippen LogP contribution is 2.38. The molecule has 3 aromatic rings. The number of halogens is 1. The van der Waals surface area contributed by atoms with Gasteiger partial charge in [-0.1, -0.05) is 35.0 Å². The normalized spacial score (nSPS) is 15.1. The van der Waals surface area contributed by atoms with Crippen LogP contribution in [0.25, 0.3) is 11.3 Å². The van der Waals surface area contributed by atoms with E-state index in [1.165, 1.54) is 0 Å². The van der Waals surface area contributed by atoms with Gasteiger partial charge in [-0.15, -0.1) is 0 Å². The van der Waals surface area contributed by atoms with Crippen molar-refractivity contribution in [2.24, 2.45) is 5.41 Å². The first-order valence-corrected chi connectivity index (χ1v) is 10.1. The lowest BCUT2D eigenvalue weighted by molar-refractivity contribution is -0.127. The number of aromatic nitrogens is 1. The van der Waals surface area contributed by atoms with Gasteiger partial charge < -0.3 is 19.5 Å². The third-order valence-electron chi connectivity index (χ3n) is 5.27. The Balaban J connectivity index is 1.65. The van der Waals surface area contributed by atoms with Crippen molar-refractivity contribution in [3.8, 4) is 17.0 Å². The van der Waals surface area contributed by atoms with Crippen molar-refractivity contribution in [3.05, 3.63) is 58.8 Å². The number of carbonyl (C=O) groups is 2. The molecule has 8 heteroatoms. The molecule has 160 valence electrons. The van der Waals surface area contributed by atoms with Crippen LogP contribution < -0.4 is 15.0 Å². The first-order chi connectivity index (χ1) is 14.7. The summed E-state index contributed by atoms with van der Waals surface area (Å²) in [6.45, 7) is 5.59. The summed E-state index contributed by atoms with van der Waals surface area (Å²) in [7, 11) is 1.71. The molecule has 2 amide bonds. The molecule has 1 aromatic heterocycles. The fourth-order valence-electron chi connectivity index (χ4n) is 3.54. The van der Waals surface area contributed by atoms with Crippen LogP contribution in [0.2, 0.25) is 5.02 Å². The SMILES string of the molecule is Cc1onc(-c2ccccc2Cl)c1C(=O)Nc1ccc2c(c1)OCC(C)(C)C(=O)N2C. The molecule has 31 heavy (non-hydrogen) atoms. The van der Waals surface area contributed by atoms with Crippen molar-refractivity contribution in [1.29, 1.82) is 0 Å². The third kappa shape index (κ3) is 3.77. The van der Waals surface area contributed by atoms with Gasteiger partial charge in [-0.2, -0.15) is 0 Å². The molecule has 7 nitrogen and oxygen atoms in total. The van der Waals surface area contributed by atoms with Crippen molar-refractivity contribution >= 4 is 34.8 Å². The number of nitrogens with zero attached hydrogens (tertiary/aromatic N) is 2. The Morgan fingerprint density at radius 3 is 2.71 bits per heavy atom. The summed E-state index contributed by atoms with van der Waals surface area (Å²) in [6.07, 6.45) is 0. The third-order valence-corrected chi connectivity index (χ3v) is 5.60. The highest BCUT2D eigenvalue weighted by Gasteiger charge is 2.36. The van der Waals surface area contributed by atoms with E-state index in [-0.39, 0.29) is 18.4 Å². The van der Waals surface area contributed by atoms with Crippen LogP contribution in [0.15, 0.2) is 47.0 Å². The molecule has 2 aromatic carbocycles. The fourth-order valence-corrected chi connectivity index (χ4v) is 3.76. The van der Waals surface area contributed by atoms with Crippen LogP contribution in [0.4, 0.5) is 11.4 Å². The number of ether oxygens (including phenoxy) is 1. The van der Waals surface area contributed by atoms with Gasteiger partial charge in [-0.3, -0.25) is 9.59 Å². The monoisotopic (exact) mass is 439 g/mol. The molecule has 0 aliphatic carbocycles. The smallest absolute Gasteiger partial charge is 0.261 e. The average molecular weight is 440 g/mol. The lowest BCUT2D eigenvalue weighted by Gasteiger charge is -2.24. The molecule has 4 rings (SSSR count). The van der Waals surface area contributed by atoms with E-state index < -0.39 is 5.41 Å². The van der Waals surface area contributed by atoms with Gasteiger partial charge in [-0.25, -0.2) is 0 Å². The predicted octanol–water partition coefficient (Wildman–Crippen LogP) is 4.94. The van der Waals surface area contributed by atoms with Crippen LogP contribution in [-0.4, -0.2) is 30.6 Å². The molecule has 0 atom stereocenters. The fraction of sp³-hybridized carbons (Fsp3) is 0.261. The molecule has 0 unspecified atom stereocenters. The topological polar surface area (TPSA) is 84.7 Å². The Morgan fingerprint density at radius 1 is 1.23 bits per heavy atom. The molecular weight excluding hydrogens is 418 g/mol. The van der Waals surface area contributed by atoms with Gasteiger partial charge >= 0.3 is 0 Å². The van der Waals surface area contributed by atoms with Crippen LogP contribution in [0.1, 0.15) is 30.0 Å². The second-order valence-electron chi connectivity index (χ2n) is 8.12. The van der Waals surface area contributed by atoms with E-state index >= 15 is 0 Å². The number of hydrogen-bond acceptors (Lipinski definition) is 5. The second-order valence-corrected chi connectivity index (χ2v) is 8.52. The Bertz CT molecular complexity index is 1190. The molecule has 2 heterocycles. The summed E-state index contributed by atoms with van der Waals surface area (Å²) >= 11 is 6.29. The molecule has 1 aliphatic heterocycles. The van der Waals surface area contributed by atoms with Crippen molar-refractivity contribution in [2.75, 3.05) is 23.9 Å². The maximum absolute atomic E-state index is 13.1. The van der Waals surface area contributed by atoms with Gasteiger partial charge in [-0.05, 0) is 39.0 Å². The number of hydrogen-bond donors (Lipinski definition) is 1. The summed E-state index contributed by atoms with van der Waals surface area (Å²) in [5.74, 6) is 0.484. The maximum Gasteiger partial charge on any atom is 0.261 e. The Labute approximate surface area is 184 Å². The quantitative estimate of drug-likeness (QED) is 0.625. The number of benzene rings is 2. The van der Waals surface area contributed by atoms with E-state index in [1.54, 1.807) is 55.3 Å². The molecule has 1 N–H and O–H groups in total. The van der Waals surface area contributed by atoms with Crippen LogP contribution in [0, 0.1) is 12.3 Å². The van der Waals surface area contributed by atoms with E-state index in [4.69, 9.17) is 20.9 Å². The summed E-state index contributed by atoms with van der Waals surface area (Å²) in [5, 5.41) is 7.37. The van der Waals surface area contributed by atoms with Gasteiger partial charge in [0.25, 0.3) is 5.91 Å². The second kappa shape index (κ2) is 7.74. The van der Waals surface area contributed by atoms with Crippen molar-refractivity contribution in [2.45, 2.75) is 20.8 Å². The van der Waals surface area contributed by atoms with Crippen molar-refractivity contribution in [3.63, 3.8) is 0 Å². The number of amides is 2. The molecule has 1 aliphatic rings. The summed E-state index contributed by atoms with van der Waals surface area (Å²) in [6, 6.07) is 12.3. The number of carbonyl (C=O) groups excluding carboxylic acids is 2. The molecule has 0 radical (unpaired) electrons. The maximum atomic E-state index is 13.1. The molecule has 0 fully saturated rings. The molecule has 0 spiro atoms. The molecule has 0 saturated heterocycles. The minimum absolute atomic E-state index is 0.0347. The van der Waals surface area contributed by atoms with Gasteiger partial charge in [0.1, 0.15) is 29.4 Å². The lowest BCUT2D eigenvalue weighted by atomic mass is 9.93. The van der Waals surface area contributed by atoms with E-state index in [1.807, 2.05) is 19.9 Å². The molecule has 0 bridgehead atoms. The number of fused-ring (bicyclic) bond motifs is 1. The number of rotatable bonds is 3. The van der Waals surface area contributed by atoms with Gasteiger partial charge in [0.2, 0.25) is 5.91 Å². The standard InChI is InChI=1S/C23H22ClN3O4/c1-13-19(20(26-31-13)15-7-5-6-8-16(15)24)21(28)25-14-9-10-17-18(11-14)30-12-23(2,3)22(29)27(17)4/h5-11H,12H2,1-4H3,(H,25,28). The lowest BCUT2D eigenvalue weighted by Crippen LogP contribution is -2.39. The Morgan fingerprint density at radius 2 is 1.97 bits per heavy atom. The summed E-state index contributed by atoms with van der Waals surface area (Å²) in [5.41, 5.74) is 1.80. The van der Waals surface area contributed by atoms with Crippen molar-refractivity contribution in [1.82, 2.24) is 5.16 Å². The predicted molar refractivity (Wildman–Crippen MR) is 119 cm³/mol. The van der Waals surface area contributed by atoms with E-state index in [2.05, 4.69) is 10.5 Å². The average Bonchev–Trinajstić information content (AvgIpc) is 3.09. The zero-order valence-electron chi connectivity index (χ0n) is 17.7. The highest BCUT2D eigenvalue weighted by atomic mass is 35.5. The molecule has 0 saturated carbocycles. The number of anilines is 2. The van der Waals surface area contributed by atoms with Crippen molar-refractivity contribution < 1.29 is 18.8 Å². The van der Waals surface area contributed by atoms with Crippen LogP contribution in [0.5, 0.6) is 5.75 Å². The minimum atomic E-state index is -0.652. The first kappa shape index (κ1) is 20.9. The largest absolute Gasteiger partial charge is 0.490 e. The zero-order chi connectivity index (χ0) is 22.3. The summed E-state index contributed by atoms with van der Waals surface area (Å²) in [4.78, 5) is 27.3. The number of nitrogens with one attached hydrogen (secondary N) is 1. The Kier molecular flexibility index (Phi) is 5.23. The zero-order valence-corrected chi connectivity index (χ0v) is 18.4. The van der Waals surface area contributed by atoms with E-state index in [0.717, 1.165) is 0 Å². The van der Waals surface area contributed by atoms with Gasteiger partial charge in [0.05, 0.1) is 16.1 Å². The van der Waals surface area contributed by atoms with Gasteiger partial charge in [0, 0.05) is 24.4 Å². The Hall–Kier alpha value is -3.32. The van der Waals surface area contributed by atoms with Crippen LogP contribution in [0.3, 0.4) is 0 Å². The summed E-state index contributed by atoms with van der Waals surface area (Å²) < 4.78 is 11.2. The first-order valence-electron chi connectivity index (χ1n) is 9.76. The van der Waals surface area contributed by atoms with Crippen LogP contribution in [-0.2, 0) is 4.79 Å². The highest BCUT2D eigenvalue weighted by molar-refractivity contribution is 6.33. The number of aryl methyl sites for hydroxylation is 1. The van der Waals surface area contributed by atoms with Gasteiger partial charge in [0.15, 0.2) is 0 Å². The minimum Gasteiger partial charge on any atom is -0.490 e. The van der Waals surface area contributed by atoms with E-state index in [0.29, 0.717) is 44.7 Å². The van der Waals surface area contributed by atoms with Crippen LogP contribution >= 0.6 is 11.6 Å².